The normalized spacial score (nSPS) is 26.5. The maximum Gasteiger partial charge on any atom is 0.416 e. The standard InChI is InChI=1S/C33H35F4N3O/c1-21-8-4-6-10-26(21)31(39(2)3)15-17-32(18-16-31)29-24(23-9-5-7-11-28(23)38-29)14-19-40(32)30(41)25-20-22(33(35,36)37)12-13-27(25)34/h4-7,9-13,20-21,38H,8,14-19H2,1-3H3. The number of benzene rings is 2. The molecule has 1 aromatic heterocycles. The highest BCUT2D eigenvalue weighted by Crippen LogP contribution is 2.54. The van der Waals surface area contributed by atoms with Gasteiger partial charge in [-0.3, -0.25) is 9.69 Å². The summed E-state index contributed by atoms with van der Waals surface area (Å²) in [5.41, 5.74) is 1.85. The summed E-state index contributed by atoms with van der Waals surface area (Å²) in [7, 11) is 4.19. The molecule has 8 heteroatoms. The molecule has 3 aromatic rings. The number of likely N-dealkylation sites (N-methyl/N-ethyl adjacent to an activating group) is 1. The molecule has 1 spiro atoms. The Morgan fingerprint density at radius 3 is 2.49 bits per heavy atom. The van der Waals surface area contributed by atoms with Crippen LogP contribution >= 0.6 is 0 Å². The summed E-state index contributed by atoms with van der Waals surface area (Å²) in [6, 6.07) is 10.1. The molecule has 216 valence electrons. The molecule has 0 radical (unpaired) electrons. The second kappa shape index (κ2) is 9.86. The number of rotatable bonds is 3. The second-order valence-electron chi connectivity index (χ2n) is 12.1. The van der Waals surface area contributed by atoms with Gasteiger partial charge in [-0.25, -0.2) is 4.39 Å². The minimum Gasteiger partial charge on any atom is -0.356 e. The molecule has 2 heterocycles. The third-order valence-corrected chi connectivity index (χ3v) is 9.88. The quantitative estimate of drug-likeness (QED) is 0.332. The number of para-hydroxylation sites is 1. The Labute approximate surface area is 237 Å². The van der Waals surface area contributed by atoms with Gasteiger partial charge in [0, 0.05) is 28.7 Å². The Balaban J connectivity index is 1.47. The van der Waals surface area contributed by atoms with Gasteiger partial charge in [0.25, 0.3) is 5.91 Å². The van der Waals surface area contributed by atoms with Crippen LogP contribution < -0.4 is 0 Å². The van der Waals surface area contributed by atoms with Crippen LogP contribution in [0.25, 0.3) is 10.9 Å². The molecule has 2 aromatic carbocycles. The number of nitrogens with zero attached hydrogens (tertiary/aromatic N) is 2. The molecule has 0 bridgehead atoms. The lowest BCUT2D eigenvalue weighted by Crippen LogP contribution is -2.60. The van der Waals surface area contributed by atoms with E-state index in [1.165, 1.54) is 5.57 Å². The van der Waals surface area contributed by atoms with Crippen molar-refractivity contribution < 1.29 is 22.4 Å². The van der Waals surface area contributed by atoms with Crippen molar-refractivity contribution in [2.75, 3.05) is 20.6 Å². The first kappa shape index (κ1) is 27.8. The summed E-state index contributed by atoms with van der Waals surface area (Å²) < 4.78 is 55.8. The fourth-order valence-corrected chi connectivity index (χ4v) is 7.69. The molecule has 1 atom stereocenters. The van der Waals surface area contributed by atoms with Gasteiger partial charge in [0.2, 0.25) is 0 Å². The average molecular weight is 566 g/mol. The van der Waals surface area contributed by atoms with Gasteiger partial charge < -0.3 is 9.88 Å². The zero-order chi connectivity index (χ0) is 29.2. The topological polar surface area (TPSA) is 39.3 Å². The van der Waals surface area contributed by atoms with Crippen molar-refractivity contribution in [1.82, 2.24) is 14.8 Å². The summed E-state index contributed by atoms with van der Waals surface area (Å²) >= 11 is 0. The monoisotopic (exact) mass is 565 g/mol. The zero-order valence-electron chi connectivity index (χ0n) is 23.6. The summed E-state index contributed by atoms with van der Waals surface area (Å²) in [4.78, 5) is 21.7. The second-order valence-corrected chi connectivity index (χ2v) is 12.1. The van der Waals surface area contributed by atoms with Crippen molar-refractivity contribution in [3.8, 4) is 0 Å². The fourth-order valence-electron chi connectivity index (χ4n) is 7.69. The maximum atomic E-state index is 15.1. The lowest BCUT2D eigenvalue weighted by molar-refractivity contribution is -0.137. The summed E-state index contributed by atoms with van der Waals surface area (Å²) in [5, 5.41) is 1.09. The minimum atomic E-state index is -4.68. The van der Waals surface area contributed by atoms with Crippen LogP contribution in [-0.2, 0) is 18.1 Å². The highest BCUT2D eigenvalue weighted by molar-refractivity contribution is 5.96. The van der Waals surface area contributed by atoms with Crippen LogP contribution in [-0.4, -0.2) is 46.9 Å². The van der Waals surface area contributed by atoms with E-state index in [0.29, 0.717) is 43.9 Å². The summed E-state index contributed by atoms with van der Waals surface area (Å²) in [6.45, 7) is 2.55. The van der Waals surface area contributed by atoms with Gasteiger partial charge in [0.05, 0.1) is 16.7 Å². The van der Waals surface area contributed by atoms with E-state index in [9.17, 15) is 18.0 Å². The highest BCUT2D eigenvalue weighted by atomic mass is 19.4. The largest absolute Gasteiger partial charge is 0.416 e. The number of carbonyl (C=O) groups is 1. The molecule has 2 aliphatic carbocycles. The van der Waals surface area contributed by atoms with Crippen molar-refractivity contribution >= 4 is 16.8 Å². The molecule has 1 unspecified atom stereocenters. The number of nitrogens with one attached hydrogen (secondary N) is 1. The maximum absolute atomic E-state index is 15.1. The molecule has 6 rings (SSSR count). The van der Waals surface area contributed by atoms with E-state index >= 15 is 4.39 Å². The first-order valence-electron chi connectivity index (χ1n) is 14.3. The molecule has 0 saturated heterocycles. The van der Waals surface area contributed by atoms with Crippen molar-refractivity contribution in [3.63, 3.8) is 0 Å². The molecule has 1 N–H and O–H groups in total. The van der Waals surface area contributed by atoms with Crippen LogP contribution in [0.15, 0.2) is 66.3 Å². The van der Waals surface area contributed by atoms with E-state index < -0.39 is 34.6 Å². The Morgan fingerprint density at radius 1 is 1.07 bits per heavy atom. The van der Waals surface area contributed by atoms with E-state index in [0.717, 1.165) is 47.5 Å². The van der Waals surface area contributed by atoms with Gasteiger partial charge in [0.1, 0.15) is 5.82 Å². The number of H-pyrrole nitrogens is 1. The number of hydrogen-bond acceptors (Lipinski definition) is 2. The molecule has 1 amide bonds. The predicted octanol–water partition coefficient (Wildman–Crippen LogP) is 7.62. The summed E-state index contributed by atoms with van der Waals surface area (Å²) in [6.07, 6.45) is 6.08. The molecule has 1 fully saturated rings. The van der Waals surface area contributed by atoms with E-state index in [1.54, 1.807) is 4.90 Å². The zero-order valence-corrected chi connectivity index (χ0v) is 23.6. The average Bonchev–Trinajstić information content (AvgIpc) is 3.33. The fraction of sp³-hybridized carbons (Fsp3) is 0.424. The van der Waals surface area contributed by atoms with Crippen molar-refractivity contribution in [2.45, 2.75) is 62.7 Å². The number of halogens is 4. The molecule has 1 saturated carbocycles. The van der Waals surface area contributed by atoms with Crippen LogP contribution in [0.3, 0.4) is 0 Å². The van der Waals surface area contributed by atoms with Crippen LogP contribution in [0.2, 0.25) is 0 Å². The van der Waals surface area contributed by atoms with Gasteiger partial charge in [-0.2, -0.15) is 13.2 Å². The Bertz CT molecular complexity index is 1560. The summed E-state index contributed by atoms with van der Waals surface area (Å²) in [5.74, 6) is -1.25. The number of alkyl halides is 3. The van der Waals surface area contributed by atoms with Crippen molar-refractivity contribution in [1.29, 1.82) is 0 Å². The number of allylic oxidation sites excluding steroid dienone is 3. The lowest BCUT2D eigenvalue weighted by Gasteiger charge is -2.56. The predicted molar refractivity (Wildman–Crippen MR) is 152 cm³/mol. The third kappa shape index (κ3) is 4.33. The first-order chi connectivity index (χ1) is 19.5. The molecular formula is C33H35F4N3O. The first-order valence-corrected chi connectivity index (χ1v) is 14.3. The van der Waals surface area contributed by atoms with Crippen LogP contribution in [0.1, 0.15) is 66.2 Å². The molecular weight excluding hydrogens is 530 g/mol. The Morgan fingerprint density at radius 2 is 1.80 bits per heavy atom. The molecule has 1 aliphatic heterocycles. The molecule has 41 heavy (non-hydrogen) atoms. The highest BCUT2D eigenvalue weighted by Gasteiger charge is 2.54. The van der Waals surface area contributed by atoms with E-state index in [4.69, 9.17) is 0 Å². The van der Waals surface area contributed by atoms with E-state index in [2.05, 4.69) is 55.2 Å². The number of fused-ring (bicyclic) bond motifs is 4. The third-order valence-electron chi connectivity index (χ3n) is 9.88. The molecule has 4 nitrogen and oxygen atoms in total. The number of hydrogen-bond donors (Lipinski definition) is 1. The van der Waals surface area contributed by atoms with Crippen molar-refractivity contribution in [2.24, 2.45) is 5.92 Å². The van der Waals surface area contributed by atoms with Gasteiger partial charge in [-0.05, 0) is 93.9 Å². The van der Waals surface area contributed by atoms with E-state index in [1.807, 2.05) is 18.2 Å². The smallest absolute Gasteiger partial charge is 0.356 e. The minimum absolute atomic E-state index is 0.213. The Kier molecular flexibility index (Phi) is 6.68. The number of aromatic amines is 1. The molecule has 3 aliphatic rings. The van der Waals surface area contributed by atoms with Gasteiger partial charge >= 0.3 is 6.18 Å². The van der Waals surface area contributed by atoms with Crippen LogP contribution in [0.5, 0.6) is 0 Å². The van der Waals surface area contributed by atoms with Gasteiger partial charge in [0.15, 0.2) is 0 Å². The van der Waals surface area contributed by atoms with Gasteiger partial charge in [-0.1, -0.05) is 43.4 Å². The number of carbonyl (C=O) groups excluding carboxylic acids is 1. The van der Waals surface area contributed by atoms with Gasteiger partial charge in [-0.15, -0.1) is 0 Å². The van der Waals surface area contributed by atoms with E-state index in [-0.39, 0.29) is 5.54 Å². The SMILES string of the molecule is CC1CC=CC=C1C1(N(C)C)CCC2(CC1)c1[nH]c3ccccc3c1CCN2C(=O)c1cc(C(F)(F)F)ccc1F. The van der Waals surface area contributed by atoms with Crippen molar-refractivity contribution in [3.05, 3.63) is 94.5 Å². The lowest BCUT2D eigenvalue weighted by atomic mass is 9.62. The number of aromatic nitrogens is 1. The Hall–Kier alpha value is -3.39. The van der Waals surface area contributed by atoms with Crippen LogP contribution in [0, 0.1) is 11.7 Å². The number of amides is 1. The van der Waals surface area contributed by atoms with Crippen LogP contribution in [0.4, 0.5) is 17.6 Å².